The van der Waals surface area contributed by atoms with Gasteiger partial charge in [0.25, 0.3) is 5.91 Å². The molecule has 8 nitrogen and oxygen atoms in total. The number of nitrogens with one attached hydrogen (secondary N) is 4. The Balaban J connectivity index is 2.27. The van der Waals surface area contributed by atoms with Gasteiger partial charge in [-0.3, -0.25) is 4.79 Å². The zero-order valence-electron chi connectivity index (χ0n) is 18.8. The number of benzene rings is 1. The maximum atomic E-state index is 14.8. The van der Waals surface area contributed by atoms with Crippen molar-refractivity contribution in [2.24, 2.45) is 5.73 Å². The molecule has 10 heteroatoms. The van der Waals surface area contributed by atoms with Gasteiger partial charge < -0.3 is 31.8 Å². The quantitative estimate of drug-likeness (QED) is 0.263. The van der Waals surface area contributed by atoms with Gasteiger partial charge in [0, 0.05) is 11.8 Å². The van der Waals surface area contributed by atoms with Gasteiger partial charge in [0.15, 0.2) is 0 Å². The summed E-state index contributed by atoms with van der Waals surface area (Å²) in [5, 5.41) is 16.8. The van der Waals surface area contributed by atoms with Gasteiger partial charge in [-0.2, -0.15) is 0 Å². The lowest BCUT2D eigenvalue weighted by atomic mass is 9.90. The van der Waals surface area contributed by atoms with Crippen molar-refractivity contribution in [2.45, 2.75) is 71.1 Å². The van der Waals surface area contributed by atoms with Crippen molar-refractivity contribution in [2.75, 3.05) is 10.6 Å². The lowest BCUT2D eigenvalue weighted by molar-refractivity contribution is 0.0488. The molecule has 1 fully saturated rings. The predicted octanol–water partition coefficient (Wildman–Crippen LogP) is 4.40. The van der Waals surface area contributed by atoms with Crippen molar-refractivity contribution in [3.05, 3.63) is 34.6 Å². The molecule has 6 N–H and O–H groups in total. The summed E-state index contributed by atoms with van der Waals surface area (Å²) in [5.74, 6) is -1.44. The van der Waals surface area contributed by atoms with E-state index in [1.54, 1.807) is 27.7 Å². The minimum absolute atomic E-state index is 0.0392. The molecule has 0 spiro atoms. The third kappa shape index (κ3) is 7.74. The molecule has 1 saturated carbocycles. The van der Waals surface area contributed by atoms with Gasteiger partial charge in [-0.05, 0) is 58.7 Å². The van der Waals surface area contributed by atoms with Gasteiger partial charge in [-0.1, -0.05) is 12.8 Å². The van der Waals surface area contributed by atoms with Crippen LogP contribution in [-0.4, -0.2) is 35.4 Å². The van der Waals surface area contributed by atoms with Gasteiger partial charge in [-0.15, -0.1) is 12.6 Å². The Hall–Kier alpha value is -2.75. The average Bonchev–Trinajstić information content (AvgIpc) is 2.63. The highest BCUT2D eigenvalue weighted by atomic mass is 32.1. The summed E-state index contributed by atoms with van der Waals surface area (Å²) in [5.41, 5.74) is 5.42. The summed E-state index contributed by atoms with van der Waals surface area (Å²) < 4.78 is 20.2. The first kappa shape index (κ1) is 25.5. The molecule has 0 radical (unpaired) electrons. The number of rotatable bonds is 7. The molecular weight excluding hydrogens is 433 g/mol. The van der Waals surface area contributed by atoms with Gasteiger partial charge in [0.05, 0.1) is 28.0 Å². The molecule has 1 aliphatic carbocycles. The molecule has 0 heterocycles. The van der Waals surface area contributed by atoms with Crippen molar-refractivity contribution < 1.29 is 18.7 Å². The Kier molecular flexibility index (Phi) is 8.54. The first-order valence-electron chi connectivity index (χ1n) is 10.5. The Labute approximate surface area is 193 Å². The molecule has 32 heavy (non-hydrogen) atoms. The van der Waals surface area contributed by atoms with Crippen LogP contribution >= 0.6 is 12.6 Å². The van der Waals surface area contributed by atoms with E-state index in [1.807, 2.05) is 0 Å². The van der Waals surface area contributed by atoms with Crippen molar-refractivity contribution in [1.82, 2.24) is 5.32 Å². The lowest BCUT2D eigenvalue weighted by Crippen LogP contribution is -2.49. The molecule has 1 aromatic rings. The van der Waals surface area contributed by atoms with E-state index in [0.29, 0.717) is 5.03 Å². The topological polar surface area (TPSA) is 129 Å². The zero-order chi connectivity index (χ0) is 24.1. The predicted molar refractivity (Wildman–Crippen MR) is 128 cm³/mol. The van der Waals surface area contributed by atoms with Crippen LogP contribution in [0.25, 0.3) is 0 Å². The molecule has 1 aromatic carbocycles. The van der Waals surface area contributed by atoms with Crippen molar-refractivity contribution in [3.8, 4) is 0 Å². The minimum Gasteiger partial charge on any atom is -0.444 e. The summed E-state index contributed by atoms with van der Waals surface area (Å²) >= 11 is 4.25. The number of carbonyl (C=O) groups excluding carboxylic acids is 2. The van der Waals surface area contributed by atoms with Crippen LogP contribution in [0.4, 0.5) is 20.6 Å². The fourth-order valence-corrected chi connectivity index (χ4v) is 3.82. The monoisotopic (exact) mass is 465 g/mol. The molecule has 2 atom stereocenters. The van der Waals surface area contributed by atoms with Crippen molar-refractivity contribution >= 4 is 41.7 Å². The Morgan fingerprint density at radius 2 is 1.84 bits per heavy atom. The van der Waals surface area contributed by atoms with Gasteiger partial charge >= 0.3 is 6.09 Å². The Morgan fingerprint density at radius 3 is 2.41 bits per heavy atom. The van der Waals surface area contributed by atoms with Gasteiger partial charge in [0.1, 0.15) is 11.4 Å². The average molecular weight is 466 g/mol. The number of primary amides is 1. The summed E-state index contributed by atoms with van der Waals surface area (Å²) in [6, 6.07) is 2.03. The van der Waals surface area contributed by atoms with Crippen molar-refractivity contribution in [1.29, 1.82) is 5.41 Å². The second kappa shape index (κ2) is 10.7. The second-order valence-corrected chi connectivity index (χ2v) is 9.35. The fourth-order valence-electron chi connectivity index (χ4n) is 3.51. The smallest absolute Gasteiger partial charge is 0.407 e. The Bertz CT molecular complexity index is 914. The normalized spacial score (nSPS) is 19.1. The minimum atomic E-state index is -0.798. The van der Waals surface area contributed by atoms with Crippen LogP contribution in [0.15, 0.2) is 23.2 Å². The van der Waals surface area contributed by atoms with Crippen LogP contribution in [0, 0.1) is 11.2 Å². The van der Waals surface area contributed by atoms with E-state index < -0.39 is 23.4 Å². The SMILES string of the molecule is CC(=N)/C=C(\S)Nc1cc(N[C@@H]2CCCC[C@@H]2NC(=O)OC(C)(C)C)c(F)cc1C(N)=O. The third-order valence-corrected chi connectivity index (χ3v) is 5.04. The lowest BCUT2D eigenvalue weighted by Gasteiger charge is -2.34. The van der Waals surface area contributed by atoms with Crippen LogP contribution in [0.2, 0.25) is 0 Å². The molecule has 2 amide bonds. The Morgan fingerprint density at radius 1 is 1.22 bits per heavy atom. The summed E-state index contributed by atoms with van der Waals surface area (Å²) in [7, 11) is 0. The van der Waals surface area contributed by atoms with Crippen LogP contribution in [0.3, 0.4) is 0 Å². The molecule has 0 aromatic heterocycles. The van der Waals surface area contributed by atoms with Gasteiger partial charge in [-0.25, -0.2) is 9.18 Å². The van der Waals surface area contributed by atoms with E-state index >= 15 is 0 Å². The van der Waals surface area contributed by atoms with Crippen LogP contribution in [-0.2, 0) is 4.74 Å². The first-order chi connectivity index (χ1) is 14.9. The third-order valence-electron chi connectivity index (χ3n) is 4.80. The van der Waals surface area contributed by atoms with E-state index in [2.05, 4.69) is 28.6 Å². The molecule has 0 aliphatic heterocycles. The number of carbonyl (C=O) groups is 2. The van der Waals surface area contributed by atoms with Crippen molar-refractivity contribution in [3.63, 3.8) is 0 Å². The number of hydrogen-bond donors (Lipinski definition) is 6. The van der Waals surface area contributed by atoms with Crippen LogP contribution < -0.4 is 21.7 Å². The maximum Gasteiger partial charge on any atom is 0.407 e. The molecule has 0 saturated heterocycles. The highest BCUT2D eigenvalue weighted by Gasteiger charge is 2.29. The number of ether oxygens (including phenoxy) is 1. The summed E-state index contributed by atoms with van der Waals surface area (Å²) in [6.45, 7) is 6.94. The largest absolute Gasteiger partial charge is 0.444 e. The van der Waals surface area contributed by atoms with Gasteiger partial charge in [0.2, 0.25) is 0 Å². The molecule has 2 rings (SSSR count). The molecular formula is C22H32FN5O3S. The van der Waals surface area contributed by atoms with E-state index in [0.717, 1.165) is 31.7 Å². The van der Waals surface area contributed by atoms with E-state index in [9.17, 15) is 14.0 Å². The zero-order valence-corrected chi connectivity index (χ0v) is 19.7. The number of hydrogen-bond acceptors (Lipinski definition) is 7. The van der Waals surface area contributed by atoms with Crippen LogP contribution in [0.5, 0.6) is 0 Å². The number of thiol groups is 1. The number of anilines is 2. The molecule has 1 aliphatic rings. The maximum absolute atomic E-state index is 14.8. The number of allylic oxidation sites excluding steroid dienone is 1. The second-order valence-electron chi connectivity index (χ2n) is 8.87. The summed E-state index contributed by atoms with van der Waals surface area (Å²) in [4.78, 5) is 24.1. The standard InChI is InChI=1S/C22H32FN5O3S/c1-12(24)9-19(32)27-17-11-18(14(23)10-13(17)20(25)29)26-15-7-5-6-8-16(15)28-21(30)31-22(2,3)4/h9-11,15-16,24,26-27,32H,5-8H2,1-4H3,(H2,25,29)(H,28,30)/b19-9-,24-12?/t15-,16+/m1/s1. The number of amides is 2. The molecule has 0 bridgehead atoms. The number of halogens is 1. The van der Waals surface area contributed by atoms with E-state index in [-0.39, 0.29) is 34.7 Å². The van der Waals surface area contributed by atoms with Crippen LogP contribution in [0.1, 0.15) is 63.7 Å². The molecule has 0 unspecified atom stereocenters. The highest BCUT2D eigenvalue weighted by molar-refractivity contribution is 7.84. The number of nitrogens with two attached hydrogens (primary N) is 1. The first-order valence-corrected chi connectivity index (χ1v) is 10.9. The van der Waals surface area contributed by atoms with E-state index in [4.69, 9.17) is 15.9 Å². The van der Waals surface area contributed by atoms with E-state index in [1.165, 1.54) is 12.1 Å². The highest BCUT2D eigenvalue weighted by Crippen LogP contribution is 2.29. The number of alkyl carbamates (subject to hydrolysis) is 1. The fraction of sp³-hybridized carbons (Fsp3) is 0.500. The summed E-state index contributed by atoms with van der Waals surface area (Å²) in [6.07, 6.45) is 4.25. The molecule has 176 valence electrons.